The van der Waals surface area contributed by atoms with Gasteiger partial charge >= 0.3 is 0 Å². The second-order valence-corrected chi connectivity index (χ2v) is 6.05. The Morgan fingerprint density at radius 3 is 2.87 bits per heavy atom. The SMILES string of the molecule is NCCCNC(=O)c1cn2cc(Br)nc(N3CCOCC3)c2n1. The van der Waals surface area contributed by atoms with Crippen LogP contribution in [0.2, 0.25) is 0 Å². The molecule has 124 valence electrons. The third-order valence-corrected chi connectivity index (χ3v) is 3.98. The molecule has 0 aromatic carbocycles. The summed E-state index contributed by atoms with van der Waals surface area (Å²) in [5, 5.41) is 2.81. The molecule has 3 N–H and O–H groups in total. The summed E-state index contributed by atoms with van der Waals surface area (Å²) < 4.78 is 7.89. The van der Waals surface area contributed by atoms with Crippen LogP contribution in [0.1, 0.15) is 16.9 Å². The number of nitrogens with one attached hydrogen (secondary N) is 1. The minimum Gasteiger partial charge on any atom is -0.378 e. The van der Waals surface area contributed by atoms with Crippen LogP contribution in [0.5, 0.6) is 0 Å². The molecule has 3 heterocycles. The Labute approximate surface area is 142 Å². The molecular weight excluding hydrogens is 364 g/mol. The highest BCUT2D eigenvalue weighted by atomic mass is 79.9. The summed E-state index contributed by atoms with van der Waals surface area (Å²) >= 11 is 3.42. The number of halogens is 1. The van der Waals surface area contributed by atoms with Gasteiger partial charge in [-0.05, 0) is 28.9 Å². The highest BCUT2D eigenvalue weighted by Gasteiger charge is 2.20. The number of rotatable bonds is 5. The molecule has 1 aliphatic heterocycles. The topological polar surface area (TPSA) is 97.8 Å². The fourth-order valence-electron chi connectivity index (χ4n) is 2.44. The molecule has 0 radical (unpaired) electrons. The first kappa shape index (κ1) is 16.2. The predicted octanol–water partition coefficient (Wildman–Crippen LogP) is 0.407. The summed E-state index contributed by atoms with van der Waals surface area (Å²) in [6, 6.07) is 0. The molecule has 2 aromatic rings. The van der Waals surface area contributed by atoms with Crippen LogP contribution in [-0.2, 0) is 4.74 Å². The van der Waals surface area contributed by atoms with Crippen molar-refractivity contribution >= 4 is 33.3 Å². The van der Waals surface area contributed by atoms with E-state index in [1.807, 2.05) is 4.40 Å². The van der Waals surface area contributed by atoms with Gasteiger partial charge in [-0.25, -0.2) is 9.97 Å². The van der Waals surface area contributed by atoms with Gasteiger partial charge in [-0.1, -0.05) is 0 Å². The third kappa shape index (κ3) is 3.62. The number of ether oxygens (including phenoxy) is 1. The van der Waals surface area contributed by atoms with Crippen molar-refractivity contribution in [2.45, 2.75) is 6.42 Å². The first-order valence-corrected chi connectivity index (χ1v) is 8.34. The summed E-state index contributed by atoms with van der Waals surface area (Å²) in [7, 11) is 0. The van der Waals surface area contributed by atoms with Crippen LogP contribution in [0, 0.1) is 0 Å². The number of hydrogen-bond donors (Lipinski definition) is 2. The lowest BCUT2D eigenvalue weighted by molar-refractivity contribution is 0.0949. The quantitative estimate of drug-likeness (QED) is 0.726. The molecule has 1 fully saturated rings. The van der Waals surface area contributed by atoms with Crippen molar-refractivity contribution in [2.24, 2.45) is 5.73 Å². The van der Waals surface area contributed by atoms with Gasteiger partial charge in [0.05, 0.1) is 13.2 Å². The minimum absolute atomic E-state index is 0.203. The van der Waals surface area contributed by atoms with Gasteiger partial charge in [-0.3, -0.25) is 4.79 Å². The van der Waals surface area contributed by atoms with E-state index in [9.17, 15) is 4.79 Å². The van der Waals surface area contributed by atoms with E-state index in [1.54, 1.807) is 12.4 Å². The molecule has 0 bridgehead atoms. The van der Waals surface area contributed by atoms with Crippen molar-refractivity contribution in [3.63, 3.8) is 0 Å². The molecule has 3 rings (SSSR count). The molecule has 0 atom stereocenters. The van der Waals surface area contributed by atoms with Crippen LogP contribution in [0.4, 0.5) is 5.82 Å². The number of hydrogen-bond acceptors (Lipinski definition) is 6. The zero-order valence-corrected chi connectivity index (χ0v) is 14.3. The average Bonchev–Trinajstić information content (AvgIpc) is 2.99. The van der Waals surface area contributed by atoms with E-state index in [2.05, 4.69) is 36.1 Å². The third-order valence-electron chi connectivity index (χ3n) is 3.60. The van der Waals surface area contributed by atoms with Crippen molar-refractivity contribution in [1.29, 1.82) is 0 Å². The number of nitrogens with zero attached hydrogens (tertiary/aromatic N) is 4. The maximum Gasteiger partial charge on any atom is 0.271 e. The summed E-state index contributed by atoms with van der Waals surface area (Å²) in [6.45, 7) is 3.92. The monoisotopic (exact) mass is 382 g/mol. The molecule has 0 aliphatic carbocycles. The van der Waals surface area contributed by atoms with E-state index in [0.717, 1.165) is 25.3 Å². The number of carbonyl (C=O) groups is 1. The van der Waals surface area contributed by atoms with Crippen LogP contribution in [-0.4, -0.2) is 59.7 Å². The standard InChI is InChI=1S/C14H19BrN6O2/c15-11-9-21-8-10(14(22)17-3-1-2-16)18-12(21)13(19-11)20-4-6-23-7-5-20/h8-9H,1-7,16H2,(H,17,22). The Morgan fingerprint density at radius 1 is 1.35 bits per heavy atom. The Balaban J connectivity index is 1.90. The van der Waals surface area contributed by atoms with Crippen LogP contribution < -0.4 is 16.0 Å². The van der Waals surface area contributed by atoms with Gasteiger partial charge in [0.15, 0.2) is 11.5 Å². The molecule has 1 amide bonds. The first-order chi connectivity index (χ1) is 11.2. The molecule has 1 aliphatic rings. The van der Waals surface area contributed by atoms with Gasteiger partial charge in [-0.2, -0.15) is 0 Å². The lowest BCUT2D eigenvalue weighted by Gasteiger charge is -2.27. The fourth-order valence-corrected chi connectivity index (χ4v) is 2.83. The molecule has 8 nitrogen and oxygen atoms in total. The Kier molecular flexibility index (Phi) is 5.09. The van der Waals surface area contributed by atoms with Gasteiger partial charge in [0, 0.05) is 32.0 Å². The number of carbonyl (C=O) groups excluding carboxylic acids is 1. The second-order valence-electron chi connectivity index (χ2n) is 5.24. The number of imidazole rings is 1. The van der Waals surface area contributed by atoms with Crippen molar-refractivity contribution in [2.75, 3.05) is 44.3 Å². The first-order valence-electron chi connectivity index (χ1n) is 7.55. The number of fused-ring (bicyclic) bond motifs is 1. The lowest BCUT2D eigenvalue weighted by atomic mass is 10.4. The summed E-state index contributed by atoms with van der Waals surface area (Å²) in [4.78, 5) is 23.3. The van der Waals surface area contributed by atoms with Crippen LogP contribution in [0.3, 0.4) is 0 Å². The molecule has 0 spiro atoms. The molecule has 1 saturated heterocycles. The van der Waals surface area contributed by atoms with Crippen LogP contribution >= 0.6 is 15.9 Å². The average molecular weight is 383 g/mol. The molecule has 2 aromatic heterocycles. The van der Waals surface area contributed by atoms with E-state index in [1.165, 1.54) is 0 Å². The van der Waals surface area contributed by atoms with Crippen molar-refractivity contribution < 1.29 is 9.53 Å². The zero-order chi connectivity index (χ0) is 16.2. The van der Waals surface area contributed by atoms with E-state index in [4.69, 9.17) is 10.5 Å². The highest BCUT2D eigenvalue weighted by Crippen LogP contribution is 2.23. The number of morpholine rings is 1. The molecule has 0 unspecified atom stereocenters. The van der Waals surface area contributed by atoms with Gasteiger partial charge in [0.1, 0.15) is 10.3 Å². The van der Waals surface area contributed by atoms with Gasteiger partial charge in [0.2, 0.25) is 0 Å². The van der Waals surface area contributed by atoms with Gasteiger partial charge in [0.25, 0.3) is 5.91 Å². The van der Waals surface area contributed by atoms with Gasteiger partial charge < -0.3 is 25.1 Å². The Bertz CT molecular complexity index is 698. The second kappa shape index (κ2) is 7.24. The number of anilines is 1. The number of amides is 1. The molecule has 0 saturated carbocycles. The summed E-state index contributed by atoms with van der Waals surface area (Å²) in [6.07, 6.45) is 4.25. The normalized spacial score (nSPS) is 15.1. The fraction of sp³-hybridized carbons (Fsp3) is 0.500. The van der Waals surface area contributed by atoms with Crippen molar-refractivity contribution in [1.82, 2.24) is 19.7 Å². The molecule has 23 heavy (non-hydrogen) atoms. The molecular formula is C14H19BrN6O2. The van der Waals surface area contributed by atoms with E-state index >= 15 is 0 Å². The summed E-state index contributed by atoms with van der Waals surface area (Å²) in [5.74, 6) is 0.551. The summed E-state index contributed by atoms with van der Waals surface area (Å²) in [5.41, 5.74) is 6.47. The number of nitrogens with two attached hydrogens (primary N) is 1. The Hall–Kier alpha value is -1.71. The Morgan fingerprint density at radius 2 is 2.13 bits per heavy atom. The highest BCUT2D eigenvalue weighted by molar-refractivity contribution is 9.10. The lowest BCUT2D eigenvalue weighted by Crippen LogP contribution is -2.37. The van der Waals surface area contributed by atoms with E-state index in [0.29, 0.717) is 42.2 Å². The van der Waals surface area contributed by atoms with Crippen LogP contribution in [0.25, 0.3) is 5.65 Å². The minimum atomic E-state index is -0.203. The van der Waals surface area contributed by atoms with Crippen molar-refractivity contribution in [3.05, 3.63) is 22.7 Å². The van der Waals surface area contributed by atoms with E-state index in [-0.39, 0.29) is 5.91 Å². The van der Waals surface area contributed by atoms with Gasteiger partial charge in [-0.15, -0.1) is 0 Å². The number of aromatic nitrogens is 3. The maximum absolute atomic E-state index is 12.2. The van der Waals surface area contributed by atoms with Crippen molar-refractivity contribution in [3.8, 4) is 0 Å². The van der Waals surface area contributed by atoms with Crippen LogP contribution in [0.15, 0.2) is 17.0 Å². The zero-order valence-electron chi connectivity index (χ0n) is 12.7. The maximum atomic E-state index is 12.2. The van der Waals surface area contributed by atoms with E-state index < -0.39 is 0 Å². The largest absolute Gasteiger partial charge is 0.378 e. The molecule has 9 heteroatoms. The predicted molar refractivity (Wildman–Crippen MR) is 89.7 cm³/mol. The smallest absolute Gasteiger partial charge is 0.271 e.